The fourth-order valence-corrected chi connectivity index (χ4v) is 0.979. The normalized spacial score (nSPS) is 12.1. The number of nitrogens with one attached hydrogen (secondary N) is 1. The molecule has 1 rings (SSSR count). The second-order valence-electron chi connectivity index (χ2n) is 2.97. The highest BCUT2D eigenvalue weighted by atomic mass is 15.1. The summed E-state index contributed by atoms with van der Waals surface area (Å²) in [4.78, 5) is 8.28. The van der Waals surface area contributed by atoms with E-state index < -0.39 is 0 Å². The number of anilines is 1. The lowest BCUT2D eigenvalue weighted by Crippen LogP contribution is -2.08. The lowest BCUT2D eigenvalue weighted by Gasteiger charge is -1.95. The molecule has 0 saturated carbocycles. The van der Waals surface area contributed by atoms with E-state index in [1.165, 1.54) is 0 Å². The molecule has 0 unspecified atom stereocenters. The number of hydrogen-bond acceptors (Lipinski definition) is 2. The van der Waals surface area contributed by atoms with Crippen molar-refractivity contribution in [2.45, 2.75) is 13.8 Å². The minimum atomic E-state index is 0.751. The van der Waals surface area contributed by atoms with Gasteiger partial charge in [-0.05, 0) is 19.9 Å². The van der Waals surface area contributed by atoms with E-state index in [-0.39, 0.29) is 0 Å². The van der Waals surface area contributed by atoms with Gasteiger partial charge in [-0.1, -0.05) is 0 Å². The number of aromatic nitrogens is 2. The third-order valence-corrected chi connectivity index (χ3v) is 1.56. The Morgan fingerprint density at radius 1 is 1.43 bits per heavy atom. The molecule has 4 heteroatoms. The molecule has 74 valence electrons. The highest BCUT2D eigenvalue weighted by Crippen LogP contribution is 1.98. The number of allylic oxidation sites excluding steroid dienone is 1. The molecule has 0 aliphatic carbocycles. The number of nitrogens with zero attached hydrogens (tertiary/aromatic N) is 3. The Morgan fingerprint density at radius 3 is 2.86 bits per heavy atom. The standard InChI is InChI=1S/C10H14N4/c1-4-5-14(3)8-12-10-7-11-6-9(2)13-10/h4-8H,1-3H3/p+1/b5-4-. The van der Waals surface area contributed by atoms with Crippen molar-refractivity contribution in [3.8, 4) is 0 Å². The van der Waals surface area contributed by atoms with Gasteiger partial charge in [-0.3, -0.25) is 4.98 Å². The van der Waals surface area contributed by atoms with Crippen LogP contribution in [0.2, 0.25) is 0 Å². The molecular weight excluding hydrogens is 176 g/mol. The van der Waals surface area contributed by atoms with Crippen LogP contribution in [0, 0.1) is 6.92 Å². The van der Waals surface area contributed by atoms with Crippen molar-refractivity contribution < 1.29 is 4.58 Å². The molecule has 0 fully saturated rings. The van der Waals surface area contributed by atoms with Crippen LogP contribution in [0.25, 0.3) is 0 Å². The first-order chi connectivity index (χ1) is 6.72. The Bertz CT molecular complexity index is 355. The van der Waals surface area contributed by atoms with Crippen LogP contribution in [-0.2, 0) is 0 Å². The lowest BCUT2D eigenvalue weighted by atomic mass is 10.5. The molecule has 1 N–H and O–H groups in total. The largest absolute Gasteiger partial charge is 0.257 e. The van der Waals surface area contributed by atoms with Crippen molar-refractivity contribution in [3.63, 3.8) is 0 Å². The molecule has 0 aliphatic heterocycles. The van der Waals surface area contributed by atoms with Crippen LogP contribution in [0.1, 0.15) is 12.6 Å². The fourth-order valence-electron chi connectivity index (χ4n) is 0.979. The first-order valence-electron chi connectivity index (χ1n) is 4.45. The molecule has 1 aromatic rings. The first-order valence-corrected chi connectivity index (χ1v) is 4.45. The summed E-state index contributed by atoms with van der Waals surface area (Å²) in [5.74, 6) is 0.751. The molecule has 0 aromatic carbocycles. The maximum absolute atomic E-state index is 4.25. The van der Waals surface area contributed by atoms with E-state index in [0.717, 1.165) is 11.5 Å². The molecule has 0 atom stereocenters. The molecule has 0 spiro atoms. The summed E-state index contributed by atoms with van der Waals surface area (Å²) in [5.41, 5.74) is 0.900. The minimum Gasteiger partial charge on any atom is -0.257 e. The first kappa shape index (κ1) is 10.4. The molecule has 0 saturated heterocycles. The summed E-state index contributed by atoms with van der Waals surface area (Å²) in [6.45, 7) is 3.88. The van der Waals surface area contributed by atoms with Crippen LogP contribution < -0.4 is 5.32 Å². The lowest BCUT2D eigenvalue weighted by molar-refractivity contribution is -0.416. The molecule has 1 heterocycles. The molecule has 0 radical (unpaired) electrons. The van der Waals surface area contributed by atoms with Gasteiger partial charge in [-0.25, -0.2) is 14.9 Å². The average Bonchev–Trinajstić information content (AvgIpc) is 2.15. The van der Waals surface area contributed by atoms with E-state index in [0.29, 0.717) is 0 Å². The maximum atomic E-state index is 4.25. The zero-order valence-electron chi connectivity index (χ0n) is 8.73. The molecule has 0 amide bonds. The van der Waals surface area contributed by atoms with E-state index in [1.54, 1.807) is 12.4 Å². The van der Waals surface area contributed by atoms with Crippen LogP contribution >= 0.6 is 0 Å². The third-order valence-electron chi connectivity index (χ3n) is 1.56. The van der Waals surface area contributed by atoms with Crippen molar-refractivity contribution >= 4 is 12.2 Å². The smallest absolute Gasteiger partial charge is 0.242 e. The second-order valence-corrected chi connectivity index (χ2v) is 2.97. The van der Waals surface area contributed by atoms with E-state index in [2.05, 4.69) is 15.3 Å². The van der Waals surface area contributed by atoms with E-state index in [1.807, 2.05) is 44.1 Å². The van der Waals surface area contributed by atoms with Gasteiger partial charge in [0, 0.05) is 6.20 Å². The van der Waals surface area contributed by atoms with Gasteiger partial charge in [-0.2, -0.15) is 0 Å². The molecule has 4 nitrogen and oxygen atoms in total. The molecule has 1 aromatic heterocycles. The summed E-state index contributed by atoms with van der Waals surface area (Å²) in [6, 6.07) is 0. The summed E-state index contributed by atoms with van der Waals surface area (Å²) in [6.07, 6.45) is 9.13. The zero-order chi connectivity index (χ0) is 10.4. The van der Waals surface area contributed by atoms with Gasteiger partial charge in [0.05, 0.1) is 25.1 Å². The van der Waals surface area contributed by atoms with Crippen LogP contribution in [-0.4, -0.2) is 27.9 Å². The highest BCUT2D eigenvalue weighted by molar-refractivity contribution is 5.69. The molecule has 0 aliphatic rings. The Labute approximate surface area is 84.0 Å². The van der Waals surface area contributed by atoms with Gasteiger partial charge in [0.15, 0.2) is 0 Å². The Hall–Kier alpha value is -1.71. The predicted molar refractivity (Wildman–Crippen MR) is 57.5 cm³/mol. The summed E-state index contributed by atoms with van der Waals surface area (Å²) in [5, 5.41) is 3.05. The quantitative estimate of drug-likeness (QED) is 0.446. The van der Waals surface area contributed by atoms with Crippen LogP contribution in [0.3, 0.4) is 0 Å². The number of hydrogen-bond donors (Lipinski definition) is 1. The number of aryl methyl sites for hydroxylation is 1. The molecule has 14 heavy (non-hydrogen) atoms. The van der Waals surface area contributed by atoms with Gasteiger partial charge in [0.25, 0.3) is 0 Å². The summed E-state index contributed by atoms with van der Waals surface area (Å²) in [7, 11) is 1.94. The van der Waals surface area contributed by atoms with Crippen molar-refractivity contribution in [2.75, 3.05) is 12.4 Å². The zero-order valence-corrected chi connectivity index (χ0v) is 8.73. The number of rotatable bonds is 3. The second kappa shape index (κ2) is 5.11. The predicted octanol–water partition coefficient (Wildman–Crippen LogP) is 1.40. The Balaban J connectivity index is 2.66. The minimum absolute atomic E-state index is 0.751. The van der Waals surface area contributed by atoms with Gasteiger partial charge in [0.2, 0.25) is 12.2 Å². The maximum Gasteiger partial charge on any atom is 0.242 e. The van der Waals surface area contributed by atoms with Crippen molar-refractivity contribution in [3.05, 3.63) is 30.4 Å². The van der Waals surface area contributed by atoms with E-state index in [4.69, 9.17) is 0 Å². The van der Waals surface area contributed by atoms with Gasteiger partial charge < -0.3 is 0 Å². The van der Waals surface area contributed by atoms with Crippen molar-refractivity contribution in [2.24, 2.45) is 0 Å². The van der Waals surface area contributed by atoms with E-state index in [9.17, 15) is 0 Å². The van der Waals surface area contributed by atoms with E-state index >= 15 is 0 Å². The van der Waals surface area contributed by atoms with Crippen LogP contribution in [0.5, 0.6) is 0 Å². The third kappa shape index (κ3) is 3.35. The highest BCUT2D eigenvalue weighted by Gasteiger charge is 1.96. The fraction of sp³-hybridized carbons (Fsp3) is 0.300. The Kier molecular flexibility index (Phi) is 3.79. The van der Waals surface area contributed by atoms with Crippen molar-refractivity contribution in [1.82, 2.24) is 9.97 Å². The topological polar surface area (TPSA) is 40.8 Å². The summed E-state index contributed by atoms with van der Waals surface area (Å²) < 4.78 is 1.91. The Morgan fingerprint density at radius 2 is 2.21 bits per heavy atom. The monoisotopic (exact) mass is 191 g/mol. The molecule has 0 bridgehead atoms. The van der Waals surface area contributed by atoms with Gasteiger partial charge in [-0.15, -0.1) is 0 Å². The van der Waals surface area contributed by atoms with Crippen molar-refractivity contribution in [1.29, 1.82) is 0 Å². The SMILES string of the molecule is C/C=C\[N+](C)=CNc1cncc(C)n1. The summed E-state index contributed by atoms with van der Waals surface area (Å²) >= 11 is 0. The van der Waals surface area contributed by atoms with Gasteiger partial charge >= 0.3 is 0 Å². The molecular formula is C10H15N4+. The van der Waals surface area contributed by atoms with Crippen LogP contribution in [0.15, 0.2) is 24.7 Å². The average molecular weight is 191 g/mol. The van der Waals surface area contributed by atoms with Crippen LogP contribution in [0.4, 0.5) is 5.82 Å². The van der Waals surface area contributed by atoms with Gasteiger partial charge in [0.1, 0.15) is 0 Å².